The third-order valence-corrected chi connectivity index (χ3v) is 5.45. The number of hydrogen-bond donors (Lipinski definition) is 1. The van der Waals surface area contributed by atoms with E-state index in [1.807, 2.05) is 41.3 Å². The molecule has 6 heteroatoms. The first-order valence-corrected chi connectivity index (χ1v) is 9.87. The maximum atomic E-state index is 12.8. The minimum atomic E-state index is -0.123. The minimum Gasteiger partial charge on any atom is -0.339 e. The molecule has 5 rings (SSSR count). The van der Waals surface area contributed by atoms with E-state index in [-0.39, 0.29) is 11.5 Å². The van der Waals surface area contributed by atoms with Crippen LogP contribution < -0.4 is 5.56 Å². The van der Waals surface area contributed by atoms with Crippen molar-refractivity contribution in [3.05, 3.63) is 70.6 Å². The van der Waals surface area contributed by atoms with Crippen molar-refractivity contribution in [1.82, 2.24) is 19.9 Å². The van der Waals surface area contributed by atoms with Gasteiger partial charge < -0.3 is 9.88 Å². The number of carbonyl (C=O) groups excluding carboxylic acids is 1. The van der Waals surface area contributed by atoms with Gasteiger partial charge in [-0.1, -0.05) is 6.07 Å². The lowest BCUT2D eigenvalue weighted by Gasteiger charge is -2.26. The molecule has 0 radical (unpaired) electrons. The second-order valence-corrected chi connectivity index (χ2v) is 7.44. The number of nitrogens with zero attached hydrogens (tertiary/aromatic N) is 3. The Bertz CT molecular complexity index is 1290. The molecular weight excluding hydrogens is 364 g/mol. The number of fused-ring (bicyclic) bond motifs is 2. The third-order valence-electron chi connectivity index (χ3n) is 5.45. The highest BCUT2D eigenvalue weighted by atomic mass is 16.2. The summed E-state index contributed by atoms with van der Waals surface area (Å²) >= 11 is 0. The van der Waals surface area contributed by atoms with Gasteiger partial charge in [0.05, 0.1) is 22.9 Å². The van der Waals surface area contributed by atoms with E-state index in [9.17, 15) is 9.59 Å². The Kier molecular flexibility index (Phi) is 4.31. The number of aromatic nitrogens is 3. The number of benzene rings is 2. The largest absolute Gasteiger partial charge is 0.339 e. The molecule has 1 saturated heterocycles. The molecule has 4 aromatic rings. The summed E-state index contributed by atoms with van der Waals surface area (Å²) in [5.74, 6) is 0.0634. The standard InChI is InChI=1S/C23H20N4O2/c28-22-9-6-15-12-16(4-7-18(15)26-22)21-14-24-19-8-5-17(13-20(19)25-21)23(29)27-10-2-1-3-11-27/h4-9,12-14H,1-3,10-11H2,(H,26,28). The van der Waals surface area contributed by atoms with Gasteiger partial charge in [-0.2, -0.15) is 0 Å². The van der Waals surface area contributed by atoms with Crippen molar-refractivity contribution in [2.75, 3.05) is 13.1 Å². The Balaban J connectivity index is 1.53. The Morgan fingerprint density at radius 2 is 1.79 bits per heavy atom. The van der Waals surface area contributed by atoms with E-state index in [2.05, 4.69) is 9.97 Å². The quantitative estimate of drug-likeness (QED) is 0.571. The Morgan fingerprint density at radius 1 is 0.931 bits per heavy atom. The van der Waals surface area contributed by atoms with Crippen LogP contribution in [0.5, 0.6) is 0 Å². The number of aromatic amines is 1. The molecule has 2 aromatic carbocycles. The first-order valence-electron chi connectivity index (χ1n) is 9.87. The van der Waals surface area contributed by atoms with E-state index in [0.29, 0.717) is 11.1 Å². The predicted octanol–water partition coefficient (Wildman–Crippen LogP) is 3.76. The molecule has 1 N–H and O–H groups in total. The van der Waals surface area contributed by atoms with Gasteiger partial charge in [0.1, 0.15) is 0 Å². The molecule has 0 bridgehead atoms. The zero-order valence-corrected chi connectivity index (χ0v) is 15.9. The average molecular weight is 384 g/mol. The van der Waals surface area contributed by atoms with Gasteiger partial charge in [-0.25, -0.2) is 4.98 Å². The van der Waals surface area contributed by atoms with Crippen LogP contribution in [0.1, 0.15) is 29.6 Å². The molecule has 1 amide bonds. The lowest BCUT2D eigenvalue weighted by molar-refractivity contribution is 0.0724. The number of carbonyl (C=O) groups is 1. The first-order chi connectivity index (χ1) is 14.2. The highest BCUT2D eigenvalue weighted by molar-refractivity contribution is 5.97. The summed E-state index contributed by atoms with van der Waals surface area (Å²) in [6, 6.07) is 14.6. The Labute approximate surface area is 167 Å². The van der Waals surface area contributed by atoms with Crippen LogP contribution in [0.4, 0.5) is 0 Å². The van der Waals surface area contributed by atoms with Gasteiger partial charge >= 0.3 is 0 Å². The summed E-state index contributed by atoms with van der Waals surface area (Å²) in [5, 5.41) is 0.929. The summed E-state index contributed by atoms with van der Waals surface area (Å²) in [6.45, 7) is 1.64. The van der Waals surface area contributed by atoms with Crippen molar-refractivity contribution in [2.24, 2.45) is 0 Å². The Morgan fingerprint density at radius 3 is 2.66 bits per heavy atom. The lowest BCUT2D eigenvalue weighted by Crippen LogP contribution is -2.35. The highest BCUT2D eigenvalue weighted by Gasteiger charge is 2.18. The smallest absolute Gasteiger partial charge is 0.253 e. The molecular formula is C23H20N4O2. The second-order valence-electron chi connectivity index (χ2n) is 7.44. The zero-order valence-electron chi connectivity index (χ0n) is 15.9. The van der Waals surface area contributed by atoms with E-state index in [1.54, 1.807) is 12.3 Å². The van der Waals surface area contributed by atoms with Gasteiger partial charge in [0.2, 0.25) is 5.56 Å². The van der Waals surface area contributed by atoms with Crippen LogP contribution in [0.15, 0.2) is 59.5 Å². The molecule has 0 saturated carbocycles. The minimum absolute atomic E-state index is 0.0634. The van der Waals surface area contributed by atoms with Crippen LogP contribution in [-0.4, -0.2) is 38.8 Å². The molecule has 0 aliphatic carbocycles. The van der Waals surface area contributed by atoms with E-state index in [0.717, 1.165) is 53.6 Å². The topological polar surface area (TPSA) is 79.0 Å². The van der Waals surface area contributed by atoms with Crippen LogP contribution in [0, 0.1) is 0 Å². The van der Waals surface area contributed by atoms with Crippen LogP contribution in [0.25, 0.3) is 33.2 Å². The van der Waals surface area contributed by atoms with Crippen molar-refractivity contribution in [1.29, 1.82) is 0 Å². The van der Waals surface area contributed by atoms with Crippen LogP contribution in [0.2, 0.25) is 0 Å². The number of H-pyrrole nitrogens is 1. The predicted molar refractivity (Wildman–Crippen MR) is 113 cm³/mol. The normalized spacial score (nSPS) is 14.4. The highest BCUT2D eigenvalue weighted by Crippen LogP contribution is 2.24. The molecule has 0 unspecified atom stereocenters. The molecule has 6 nitrogen and oxygen atoms in total. The molecule has 144 valence electrons. The Hall–Kier alpha value is -3.54. The molecule has 29 heavy (non-hydrogen) atoms. The van der Waals surface area contributed by atoms with Crippen LogP contribution >= 0.6 is 0 Å². The molecule has 1 fully saturated rings. The number of piperidine rings is 1. The number of pyridine rings is 1. The fourth-order valence-electron chi connectivity index (χ4n) is 3.88. The molecule has 1 aliphatic rings. The number of amides is 1. The number of likely N-dealkylation sites (tertiary alicyclic amines) is 1. The lowest BCUT2D eigenvalue weighted by atomic mass is 10.1. The number of hydrogen-bond acceptors (Lipinski definition) is 4. The maximum Gasteiger partial charge on any atom is 0.253 e. The van der Waals surface area contributed by atoms with Gasteiger partial charge in [0.25, 0.3) is 5.91 Å². The fourth-order valence-corrected chi connectivity index (χ4v) is 3.88. The van der Waals surface area contributed by atoms with E-state index in [4.69, 9.17) is 4.98 Å². The maximum absolute atomic E-state index is 12.8. The van der Waals surface area contributed by atoms with Gasteiger partial charge in [-0.3, -0.25) is 14.6 Å². The number of nitrogens with one attached hydrogen (secondary N) is 1. The summed E-state index contributed by atoms with van der Waals surface area (Å²) < 4.78 is 0. The number of rotatable bonds is 2. The molecule has 3 heterocycles. The van der Waals surface area contributed by atoms with E-state index < -0.39 is 0 Å². The summed E-state index contributed by atoms with van der Waals surface area (Å²) in [4.78, 5) is 38.3. The first kappa shape index (κ1) is 17.6. The van der Waals surface area contributed by atoms with Gasteiger partial charge in [-0.15, -0.1) is 0 Å². The summed E-state index contributed by atoms with van der Waals surface area (Å²) in [5.41, 5.74) is 4.41. The van der Waals surface area contributed by atoms with Gasteiger partial charge in [0.15, 0.2) is 0 Å². The summed E-state index contributed by atoms with van der Waals surface area (Å²) in [6.07, 6.45) is 5.06. The van der Waals surface area contributed by atoms with Gasteiger partial charge in [-0.05, 0) is 61.0 Å². The van der Waals surface area contributed by atoms with Crippen molar-refractivity contribution < 1.29 is 4.79 Å². The second kappa shape index (κ2) is 7.13. The SMILES string of the molecule is O=C(c1ccc2ncc(-c3ccc4[nH]c(=O)ccc4c3)nc2c1)N1CCCCC1. The summed E-state index contributed by atoms with van der Waals surface area (Å²) in [7, 11) is 0. The molecule has 1 aliphatic heterocycles. The van der Waals surface area contributed by atoms with E-state index in [1.165, 1.54) is 12.5 Å². The zero-order chi connectivity index (χ0) is 19.8. The van der Waals surface area contributed by atoms with Gasteiger partial charge in [0, 0.05) is 35.8 Å². The molecule has 0 atom stereocenters. The van der Waals surface area contributed by atoms with Crippen molar-refractivity contribution in [2.45, 2.75) is 19.3 Å². The van der Waals surface area contributed by atoms with Crippen molar-refractivity contribution >= 4 is 27.8 Å². The van der Waals surface area contributed by atoms with Crippen LogP contribution in [0.3, 0.4) is 0 Å². The monoisotopic (exact) mass is 384 g/mol. The molecule has 2 aromatic heterocycles. The van der Waals surface area contributed by atoms with Crippen LogP contribution in [-0.2, 0) is 0 Å². The molecule has 0 spiro atoms. The third kappa shape index (κ3) is 3.38. The average Bonchev–Trinajstić information content (AvgIpc) is 2.78. The van der Waals surface area contributed by atoms with Crippen molar-refractivity contribution in [3.8, 4) is 11.3 Å². The van der Waals surface area contributed by atoms with E-state index >= 15 is 0 Å². The fraction of sp³-hybridized carbons (Fsp3) is 0.217. The van der Waals surface area contributed by atoms with Crippen molar-refractivity contribution in [3.63, 3.8) is 0 Å².